The number of hydrogen-bond acceptors (Lipinski definition) is 4. The van der Waals surface area contributed by atoms with Gasteiger partial charge in [-0.25, -0.2) is 9.97 Å². The zero-order valence-electron chi connectivity index (χ0n) is 30.7. The second kappa shape index (κ2) is 12.4. The molecule has 0 spiro atoms. The van der Waals surface area contributed by atoms with Crippen molar-refractivity contribution in [2.75, 3.05) is 0 Å². The van der Waals surface area contributed by atoms with Crippen molar-refractivity contribution >= 4 is 53.4 Å². The first-order chi connectivity index (χ1) is 28.3. The van der Waals surface area contributed by atoms with Crippen molar-refractivity contribution in [2.24, 2.45) is 0 Å². The number of nitrogens with zero attached hydrogens (tertiary/aromatic N) is 2. The van der Waals surface area contributed by atoms with Crippen LogP contribution >= 0.6 is 11.3 Å². The molecule has 1 aliphatic rings. The summed E-state index contributed by atoms with van der Waals surface area (Å²) in [5, 5.41) is 4.57. The van der Waals surface area contributed by atoms with E-state index in [4.69, 9.17) is 14.4 Å². The monoisotopic (exact) mass is 744 g/mol. The minimum Gasteiger partial charge on any atom is -0.456 e. The summed E-state index contributed by atoms with van der Waals surface area (Å²) < 4.78 is 8.87. The zero-order valence-corrected chi connectivity index (χ0v) is 31.5. The lowest BCUT2D eigenvalue weighted by molar-refractivity contribution is 0.669. The molecule has 8 aromatic carbocycles. The van der Waals surface area contributed by atoms with Crippen LogP contribution in [0, 0.1) is 0 Å². The molecule has 57 heavy (non-hydrogen) atoms. The maximum absolute atomic E-state index is 6.39. The average molecular weight is 745 g/mol. The molecule has 3 aromatic heterocycles. The van der Waals surface area contributed by atoms with Crippen LogP contribution in [0.3, 0.4) is 0 Å². The third-order valence-corrected chi connectivity index (χ3v) is 13.0. The Morgan fingerprint density at radius 3 is 1.81 bits per heavy atom. The molecule has 0 unspecified atom stereocenters. The lowest BCUT2D eigenvalue weighted by Gasteiger charge is -2.33. The van der Waals surface area contributed by atoms with Gasteiger partial charge in [-0.1, -0.05) is 170 Å². The standard InChI is InChI=1S/C53H32N2OS/c1-3-16-33(17-4-1)53(34-18-5-2-6-19-34)42-27-10-7-21-37(42)49-38(24-14-28-43(49)53)44-32-45(39-25-13-23-36-35-20-9-12-31-48(35)57-51(36)39)55-52(54-44)41-26-15-30-47-50(41)40-22-8-11-29-46(40)56-47/h1-32H. The minimum absolute atomic E-state index is 0.521. The molecule has 0 atom stereocenters. The van der Waals surface area contributed by atoms with Crippen LogP contribution in [-0.2, 0) is 5.41 Å². The van der Waals surface area contributed by atoms with Gasteiger partial charge in [-0.15, -0.1) is 11.3 Å². The molecule has 0 fully saturated rings. The summed E-state index contributed by atoms with van der Waals surface area (Å²) in [7, 11) is 0. The summed E-state index contributed by atoms with van der Waals surface area (Å²) in [6.07, 6.45) is 0. The van der Waals surface area contributed by atoms with E-state index in [0.29, 0.717) is 5.82 Å². The molecule has 4 heteroatoms. The molecule has 266 valence electrons. The van der Waals surface area contributed by atoms with Gasteiger partial charge < -0.3 is 4.42 Å². The summed E-state index contributed by atoms with van der Waals surface area (Å²) >= 11 is 1.82. The normalized spacial score (nSPS) is 13.1. The first kappa shape index (κ1) is 32.1. The summed E-state index contributed by atoms with van der Waals surface area (Å²) in [5.74, 6) is 0.666. The molecule has 12 rings (SSSR count). The molecule has 3 nitrogen and oxygen atoms in total. The van der Waals surface area contributed by atoms with E-state index >= 15 is 0 Å². The van der Waals surface area contributed by atoms with Gasteiger partial charge in [0.2, 0.25) is 0 Å². The molecule has 11 aromatic rings. The highest BCUT2D eigenvalue weighted by Crippen LogP contribution is 2.58. The molecule has 0 N–H and O–H groups in total. The van der Waals surface area contributed by atoms with E-state index in [2.05, 4.69) is 170 Å². The average Bonchev–Trinajstić information content (AvgIpc) is 3.95. The Hall–Kier alpha value is -7.14. The smallest absolute Gasteiger partial charge is 0.161 e. The predicted molar refractivity (Wildman–Crippen MR) is 236 cm³/mol. The van der Waals surface area contributed by atoms with Crippen molar-refractivity contribution in [3.8, 4) is 45.0 Å². The van der Waals surface area contributed by atoms with Gasteiger partial charge in [0, 0.05) is 47.6 Å². The number of thiophene rings is 1. The van der Waals surface area contributed by atoms with Gasteiger partial charge in [-0.05, 0) is 57.6 Å². The predicted octanol–water partition coefficient (Wildman–Crippen LogP) is 14.1. The Bertz CT molecular complexity index is 3320. The van der Waals surface area contributed by atoms with Crippen LogP contribution in [0.2, 0.25) is 0 Å². The Morgan fingerprint density at radius 1 is 0.421 bits per heavy atom. The van der Waals surface area contributed by atoms with E-state index in [1.54, 1.807) is 0 Å². The first-order valence-corrected chi connectivity index (χ1v) is 20.1. The Labute approximate surface area is 333 Å². The van der Waals surface area contributed by atoms with Crippen LogP contribution in [0.5, 0.6) is 0 Å². The topological polar surface area (TPSA) is 38.9 Å². The SMILES string of the molecule is c1ccc(C2(c3ccccc3)c3ccccc3-c3c(-c4cc(-c5cccc6c5sc5ccccc56)nc(-c5cccc6oc7ccccc7c56)n4)cccc32)cc1. The van der Waals surface area contributed by atoms with E-state index in [1.165, 1.54) is 53.6 Å². The van der Waals surface area contributed by atoms with Crippen LogP contribution in [0.25, 0.3) is 87.1 Å². The van der Waals surface area contributed by atoms with Crippen molar-refractivity contribution in [1.29, 1.82) is 0 Å². The zero-order chi connectivity index (χ0) is 37.5. The minimum atomic E-state index is -0.521. The van der Waals surface area contributed by atoms with Crippen molar-refractivity contribution < 1.29 is 4.42 Å². The van der Waals surface area contributed by atoms with E-state index in [-0.39, 0.29) is 0 Å². The molecule has 1 aliphatic carbocycles. The quantitative estimate of drug-likeness (QED) is 0.176. The van der Waals surface area contributed by atoms with Crippen LogP contribution in [0.15, 0.2) is 199 Å². The van der Waals surface area contributed by atoms with E-state index in [9.17, 15) is 0 Å². The van der Waals surface area contributed by atoms with Crippen LogP contribution in [0.4, 0.5) is 0 Å². The van der Waals surface area contributed by atoms with E-state index in [1.807, 2.05) is 35.6 Å². The number of para-hydroxylation sites is 1. The maximum Gasteiger partial charge on any atom is 0.161 e. The lowest BCUT2D eigenvalue weighted by Crippen LogP contribution is -2.28. The number of hydrogen-bond donors (Lipinski definition) is 0. The highest BCUT2D eigenvalue weighted by Gasteiger charge is 2.46. The van der Waals surface area contributed by atoms with Crippen molar-refractivity contribution in [3.63, 3.8) is 0 Å². The fourth-order valence-corrected chi connectivity index (χ4v) is 10.7. The Balaban J connectivity index is 1.18. The number of rotatable bonds is 5. The van der Waals surface area contributed by atoms with Gasteiger partial charge in [0.05, 0.1) is 16.8 Å². The Morgan fingerprint density at radius 2 is 0.982 bits per heavy atom. The molecule has 0 bridgehead atoms. The van der Waals surface area contributed by atoms with Gasteiger partial charge in [-0.3, -0.25) is 0 Å². The molecule has 0 aliphatic heterocycles. The molecular formula is C53H32N2OS. The van der Waals surface area contributed by atoms with Crippen LogP contribution in [0.1, 0.15) is 22.3 Å². The van der Waals surface area contributed by atoms with Gasteiger partial charge in [0.15, 0.2) is 5.82 Å². The second-order valence-corrected chi connectivity index (χ2v) is 15.8. The number of furan rings is 1. The van der Waals surface area contributed by atoms with E-state index < -0.39 is 5.41 Å². The van der Waals surface area contributed by atoms with Gasteiger partial charge in [0.1, 0.15) is 11.2 Å². The number of fused-ring (bicyclic) bond motifs is 9. The summed E-state index contributed by atoms with van der Waals surface area (Å²) in [6, 6.07) is 69.5. The molecule has 0 saturated carbocycles. The molecule has 3 heterocycles. The third kappa shape index (κ3) is 4.65. The molecule has 0 saturated heterocycles. The lowest BCUT2D eigenvalue weighted by atomic mass is 9.67. The molecule has 0 amide bonds. The maximum atomic E-state index is 6.39. The molecular weight excluding hydrogens is 713 g/mol. The fourth-order valence-electron chi connectivity index (χ4n) is 9.46. The van der Waals surface area contributed by atoms with Gasteiger partial charge in [-0.2, -0.15) is 0 Å². The summed E-state index contributed by atoms with van der Waals surface area (Å²) in [5.41, 5.74) is 13.4. The highest BCUT2D eigenvalue weighted by atomic mass is 32.1. The van der Waals surface area contributed by atoms with Gasteiger partial charge >= 0.3 is 0 Å². The van der Waals surface area contributed by atoms with Crippen molar-refractivity contribution in [3.05, 3.63) is 216 Å². The fraction of sp³-hybridized carbons (Fsp3) is 0.0189. The molecule has 0 radical (unpaired) electrons. The second-order valence-electron chi connectivity index (χ2n) is 14.8. The summed E-state index contributed by atoms with van der Waals surface area (Å²) in [6.45, 7) is 0. The van der Waals surface area contributed by atoms with Gasteiger partial charge in [0.25, 0.3) is 0 Å². The van der Waals surface area contributed by atoms with Crippen LogP contribution in [-0.4, -0.2) is 9.97 Å². The first-order valence-electron chi connectivity index (χ1n) is 19.3. The largest absolute Gasteiger partial charge is 0.456 e. The number of benzene rings is 8. The van der Waals surface area contributed by atoms with E-state index in [0.717, 1.165) is 50.0 Å². The summed E-state index contributed by atoms with van der Waals surface area (Å²) in [4.78, 5) is 11.0. The van der Waals surface area contributed by atoms with Crippen LogP contribution < -0.4 is 0 Å². The Kier molecular flexibility index (Phi) is 7.01. The van der Waals surface area contributed by atoms with Crippen molar-refractivity contribution in [2.45, 2.75) is 5.41 Å². The van der Waals surface area contributed by atoms with Crippen molar-refractivity contribution in [1.82, 2.24) is 9.97 Å². The third-order valence-electron chi connectivity index (χ3n) is 11.8. The highest BCUT2D eigenvalue weighted by molar-refractivity contribution is 7.26. The number of aromatic nitrogens is 2.